The van der Waals surface area contributed by atoms with Crippen LogP contribution in [0.15, 0.2) is 72.4 Å². The molecule has 0 saturated heterocycles. The van der Waals surface area contributed by atoms with Crippen LogP contribution in [0.25, 0.3) is 0 Å². The summed E-state index contributed by atoms with van der Waals surface area (Å²) in [6.45, 7) is 0.120. The number of hydrogen-bond donors (Lipinski definition) is 3. The van der Waals surface area contributed by atoms with Crippen LogP contribution in [0.5, 0.6) is 0 Å². The molecule has 25 heavy (non-hydrogen) atoms. The van der Waals surface area contributed by atoms with Crippen LogP contribution in [0.3, 0.4) is 0 Å². The summed E-state index contributed by atoms with van der Waals surface area (Å²) < 4.78 is 0. The second-order valence-electron chi connectivity index (χ2n) is 5.15. The minimum absolute atomic E-state index is 0.120. The molecule has 0 heterocycles. The highest BCUT2D eigenvalue weighted by Crippen LogP contribution is 2.10. The molecule has 0 aliphatic heterocycles. The fourth-order valence-electron chi connectivity index (χ4n) is 2.05. The number of rotatable bonds is 6. The van der Waals surface area contributed by atoms with E-state index in [1.165, 1.54) is 6.20 Å². The Kier molecular flexibility index (Phi) is 6.46. The molecule has 0 aliphatic carbocycles. The Balaban J connectivity index is 1.92. The van der Waals surface area contributed by atoms with Gasteiger partial charge in [-0.3, -0.25) is 14.9 Å². The number of carbonyl (C=O) groups excluding carboxylic acids is 2. The standard InChI is InChI=1S/C19H17N3O3/c20-11-16(12-21-13-17(23)14-7-3-1-4-8-14)19(25)22-18(24)15-9-5-2-6-10-15/h1-10,12,17,21,23H,13H2,(H,22,24,25)/b16-12+. The van der Waals surface area contributed by atoms with Crippen LogP contribution in [-0.2, 0) is 4.79 Å². The molecule has 0 aliphatic rings. The first-order valence-electron chi connectivity index (χ1n) is 7.59. The van der Waals surface area contributed by atoms with E-state index in [9.17, 15) is 14.7 Å². The number of imide groups is 1. The van der Waals surface area contributed by atoms with E-state index in [1.54, 1.807) is 60.7 Å². The van der Waals surface area contributed by atoms with Crippen molar-refractivity contribution in [2.24, 2.45) is 0 Å². The highest BCUT2D eigenvalue weighted by atomic mass is 16.3. The molecule has 3 N–H and O–H groups in total. The molecule has 0 fully saturated rings. The minimum Gasteiger partial charge on any atom is -0.387 e. The maximum Gasteiger partial charge on any atom is 0.270 e. The highest BCUT2D eigenvalue weighted by molar-refractivity contribution is 6.11. The van der Waals surface area contributed by atoms with Crippen molar-refractivity contribution in [1.82, 2.24) is 10.6 Å². The Morgan fingerprint density at radius 2 is 1.68 bits per heavy atom. The zero-order valence-corrected chi connectivity index (χ0v) is 13.3. The number of benzene rings is 2. The van der Waals surface area contributed by atoms with Gasteiger partial charge in [0, 0.05) is 18.3 Å². The number of carbonyl (C=O) groups is 2. The van der Waals surface area contributed by atoms with E-state index in [0.717, 1.165) is 0 Å². The maximum atomic E-state index is 12.0. The summed E-state index contributed by atoms with van der Waals surface area (Å²) in [7, 11) is 0. The molecule has 0 radical (unpaired) electrons. The van der Waals surface area contributed by atoms with Gasteiger partial charge in [0.05, 0.1) is 6.10 Å². The minimum atomic E-state index is -0.807. The van der Waals surface area contributed by atoms with Gasteiger partial charge in [-0.25, -0.2) is 0 Å². The van der Waals surface area contributed by atoms with Crippen molar-refractivity contribution < 1.29 is 14.7 Å². The van der Waals surface area contributed by atoms with Crippen LogP contribution in [0.1, 0.15) is 22.0 Å². The summed E-state index contributed by atoms with van der Waals surface area (Å²) in [4.78, 5) is 23.9. The topological polar surface area (TPSA) is 102 Å². The Hall–Kier alpha value is -3.43. The summed E-state index contributed by atoms with van der Waals surface area (Å²) >= 11 is 0. The summed E-state index contributed by atoms with van der Waals surface area (Å²) in [5, 5.41) is 23.9. The highest BCUT2D eigenvalue weighted by Gasteiger charge is 2.14. The third-order valence-corrected chi connectivity index (χ3v) is 3.37. The Labute approximate surface area is 145 Å². The predicted octanol–water partition coefficient (Wildman–Crippen LogP) is 1.67. The van der Waals surface area contributed by atoms with Crippen molar-refractivity contribution in [2.75, 3.05) is 6.54 Å². The maximum absolute atomic E-state index is 12.0. The number of amides is 2. The lowest BCUT2D eigenvalue weighted by Crippen LogP contribution is -2.32. The van der Waals surface area contributed by atoms with Gasteiger partial charge in [-0.15, -0.1) is 0 Å². The second kappa shape index (κ2) is 9.01. The average Bonchev–Trinajstić information content (AvgIpc) is 2.66. The summed E-state index contributed by atoms with van der Waals surface area (Å²) in [5.41, 5.74) is 0.774. The van der Waals surface area contributed by atoms with Crippen LogP contribution in [0, 0.1) is 11.3 Å². The molecule has 2 aromatic carbocycles. The second-order valence-corrected chi connectivity index (χ2v) is 5.15. The van der Waals surface area contributed by atoms with Crippen LogP contribution >= 0.6 is 0 Å². The number of nitrogens with zero attached hydrogens (tertiary/aromatic N) is 1. The molecule has 2 amide bonds. The Morgan fingerprint density at radius 1 is 1.08 bits per heavy atom. The molecular formula is C19H17N3O3. The molecule has 2 rings (SSSR count). The van der Waals surface area contributed by atoms with E-state index in [-0.39, 0.29) is 12.1 Å². The van der Waals surface area contributed by atoms with E-state index in [2.05, 4.69) is 10.6 Å². The molecule has 1 atom stereocenters. The third-order valence-electron chi connectivity index (χ3n) is 3.37. The molecule has 126 valence electrons. The van der Waals surface area contributed by atoms with Gasteiger partial charge in [0.1, 0.15) is 11.6 Å². The monoisotopic (exact) mass is 335 g/mol. The number of nitriles is 1. The molecule has 1 unspecified atom stereocenters. The first-order chi connectivity index (χ1) is 12.1. The van der Waals surface area contributed by atoms with Crippen molar-refractivity contribution in [1.29, 1.82) is 5.26 Å². The lowest BCUT2D eigenvalue weighted by molar-refractivity contribution is -0.116. The van der Waals surface area contributed by atoms with Gasteiger partial charge in [-0.2, -0.15) is 5.26 Å². The summed E-state index contributed by atoms with van der Waals surface area (Å²) in [6.07, 6.45) is 0.395. The van der Waals surface area contributed by atoms with E-state index >= 15 is 0 Å². The Bertz CT molecular complexity index is 796. The van der Waals surface area contributed by atoms with Gasteiger partial charge in [-0.05, 0) is 17.7 Å². The van der Waals surface area contributed by atoms with Gasteiger partial charge in [0.2, 0.25) is 0 Å². The van der Waals surface area contributed by atoms with Crippen LogP contribution in [0.4, 0.5) is 0 Å². The number of nitrogens with one attached hydrogen (secondary N) is 2. The van der Waals surface area contributed by atoms with Crippen LogP contribution < -0.4 is 10.6 Å². The van der Waals surface area contributed by atoms with Crippen LogP contribution in [0.2, 0.25) is 0 Å². The van der Waals surface area contributed by atoms with Gasteiger partial charge in [-0.1, -0.05) is 48.5 Å². The molecule has 0 aromatic heterocycles. The first-order valence-corrected chi connectivity index (χ1v) is 7.59. The molecule has 6 heteroatoms. The van der Waals surface area contributed by atoms with Gasteiger partial charge in [0.15, 0.2) is 0 Å². The number of aliphatic hydroxyl groups excluding tert-OH is 1. The number of aliphatic hydroxyl groups is 1. The van der Waals surface area contributed by atoms with Gasteiger partial charge in [0.25, 0.3) is 11.8 Å². The quantitative estimate of drug-likeness (QED) is 0.550. The van der Waals surface area contributed by atoms with Crippen molar-refractivity contribution >= 4 is 11.8 Å². The van der Waals surface area contributed by atoms with Gasteiger partial charge >= 0.3 is 0 Å². The lowest BCUT2D eigenvalue weighted by Gasteiger charge is -2.11. The largest absolute Gasteiger partial charge is 0.387 e. The van der Waals surface area contributed by atoms with Crippen molar-refractivity contribution in [2.45, 2.75) is 6.10 Å². The van der Waals surface area contributed by atoms with Crippen molar-refractivity contribution in [3.05, 3.63) is 83.6 Å². The fourth-order valence-corrected chi connectivity index (χ4v) is 2.05. The lowest BCUT2D eigenvalue weighted by atomic mass is 10.1. The fraction of sp³-hybridized carbons (Fsp3) is 0.105. The molecule has 0 bridgehead atoms. The first kappa shape index (κ1) is 17.9. The summed E-state index contributed by atoms with van der Waals surface area (Å²) in [5.74, 6) is -1.39. The zero-order valence-electron chi connectivity index (χ0n) is 13.3. The molecule has 0 spiro atoms. The average molecular weight is 335 g/mol. The molecule has 2 aromatic rings. The van der Waals surface area contributed by atoms with E-state index in [0.29, 0.717) is 11.1 Å². The van der Waals surface area contributed by atoms with E-state index in [4.69, 9.17) is 5.26 Å². The van der Waals surface area contributed by atoms with Crippen molar-refractivity contribution in [3.63, 3.8) is 0 Å². The smallest absolute Gasteiger partial charge is 0.270 e. The SMILES string of the molecule is N#C/C(=C\NCC(O)c1ccccc1)C(=O)NC(=O)c1ccccc1. The molecule has 6 nitrogen and oxygen atoms in total. The Morgan fingerprint density at radius 3 is 2.28 bits per heavy atom. The normalized spacial score (nSPS) is 11.9. The summed E-state index contributed by atoms with van der Waals surface area (Å²) in [6, 6.07) is 18.9. The van der Waals surface area contributed by atoms with Gasteiger partial charge < -0.3 is 10.4 Å². The van der Waals surface area contributed by atoms with Crippen LogP contribution in [-0.4, -0.2) is 23.5 Å². The third kappa shape index (κ3) is 5.30. The zero-order chi connectivity index (χ0) is 18.1. The molecular weight excluding hydrogens is 318 g/mol. The van der Waals surface area contributed by atoms with E-state index < -0.39 is 17.9 Å². The van der Waals surface area contributed by atoms with Crippen molar-refractivity contribution in [3.8, 4) is 6.07 Å². The molecule has 0 saturated carbocycles. The predicted molar refractivity (Wildman–Crippen MR) is 92.0 cm³/mol. The van der Waals surface area contributed by atoms with E-state index in [1.807, 2.05) is 6.07 Å². The number of hydrogen-bond acceptors (Lipinski definition) is 5.